The van der Waals surface area contributed by atoms with Crippen LogP contribution in [-0.4, -0.2) is 62.1 Å². The molecule has 0 aromatic heterocycles. The van der Waals surface area contributed by atoms with Crippen LogP contribution in [0.5, 0.6) is 11.5 Å². The van der Waals surface area contributed by atoms with Gasteiger partial charge in [0, 0.05) is 38.6 Å². The number of carbonyl (C=O) groups is 1. The number of methoxy groups -OCH3 is 1. The standard InChI is InChI=1S/C20H30N2O3/c1-24-18-7-9-19(10-8-18)25-16-15-21-11-13-22(14-12-21)20(23)17-5-3-2-4-6-17/h7-10,17H,2-6,11-16H2,1H3. The zero-order valence-electron chi connectivity index (χ0n) is 15.3. The number of piperazine rings is 1. The van der Waals surface area contributed by atoms with Crippen molar-refractivity contribution in [3.05, 3.63) is 24.3 Å². The summed E-state index contributed by atoms with van der Waals surface area (Å²) >= 11 is 0. The first-order valence-electron chi connectivity index (χ1n) is 9.54. The molecule has 2 aliphatic rings. The van der Waals surface area contributed by atoms with Gasteiger partial charge in [0.05, 0.1) is 7.11 Å². The van der Waals surface area contributed by atoms with E-state index in [2.05, 4.69) is 9.80 Å². The van der Waals surface area contributed by atoms with Gasteiger partial charge in [-0.25, -0.2) is 0 Å². The summed E-state index contributed by atoms with van der Waals surface area (Å²) in [5.74, 6) is 2.39. The van der Waals surface area contributed by atoms with E-state index in [4.69, 9.17) is 9.47 Å². The first-order chi connectivity index (χ1) is 12.3. The van der Waals surface area contributed by atoms with Gasteiger partial charge >= 0.3 is 0 Å². The molecule has 0 radical (unpaired) electrons. The van der Waals surface area contributed by atoms with Gasteiger partial charge in [0.15, 0.2) is 0 Å². The summed E-state index contributed by atoms with van der Waals surface area (Å²) in [7, 11) is 1.66. The van der Waals surface area contributed by atoms with Gasteiger partial charge in [-0.3, -0.25) is 9.69 Å². The van der Waals surface area contributed by atoms with Crippen molar-refractivity contribution in [2.45, 2.75) is 32.1 Å². The Morgan fingerprint density at radius 2 is 1.64 bits per heavy atom. The average molecular weight is 346 g/mol. The van der Waals surface area contributed by atoms with E-state index in [1.165, 1.54) is 19.3 Å². The van der Waals surface area contributed by atoms with Crippen LogP contribution in [0.1, 0.15) is 32.1 Å². The second kappa shape index (κ2) is 9.09. The summed E-state index contributed by atoms with van der Waals surface area (Å²) in [6.07, 6.45) is 5.92. The third-order valence-electron chi connectivity index (χ3n) is 5.37. The summed E-state index contributed by atoms with van der Waals surface area (Å²) in [6.45, 7) is 5.19. The molecule has 1 aromatic carbocycles. The van der Waals surface area contributed by atoms with Crippen LogP contribution in [-0.2, 0) is 4.79 Å². The van der Waals surface area contributed by atoms with E-state index in [1.54, 1.807) is 7.11 Å². The van der Waals surface area contributed by atoms with Crippen molar-refractivity contribution in [3.8, 4) is 11.5 Å². The predicted octanol–water partition coefficient (Wildman–Crippen LogP) is 2.80. The van der Waals surface area contributed by atoms with Crippen molar-refractivity contribution in [3.63, 3.8) is 0 Å². The van der Waals surface area contributed by atoms with Crippen LogP contribution in [0.25, 0.3) is 0 Å². The monoisotopic (exact) mass is 346 g/mol. The van der Waals surface area contributed by atoms with Gasteiger partial charge in [-0.15, -0.1) is 0 Å². The van der Waals surface area contributed by atoms with Crippen LogP contribution in [0, 0.1) is 5.92 Å². The number of rotatable bonds is 6. The summed E-state index contributed by atoms with van der Waals surface area (Å²) in [5.41, 5.74) is 0. The normalized spacial score (nSPS) is 19.6. The van der Waals surface area contributed by atoms with E-state index in [0.29, 0.717) is 18.4 Å². The zero-order valence-corrected chi connectivity index (χ0v) is 15.3. The highest BCUT2D eigenvalue weighted by molar-refractivity contribution is 5.79. The van der Waals surface area contributed by atoms with E-state index in [9.17, 15) is 4.79 Å². The fraction of sp³-hybridized carbons (Fsp3) is 0.650. The molecule has 138 valence electrons. The van der Waals surface area contributed by atoms with Crippen LogP contribution in [0.2, 0.25) is 0 Å². The second-order valence-corrected chi connectivity index (χ2v) is 7.03. The maximum absolute atomic E-state index is 12.6. The number of benzene rings is 1. The zero-order chi connectivity index (χ0) is 17.5. The number of amides is 1. The summed E-state index contributed by atoms with van der Waals surface area (Å²) < 4.78 is 10.9. The molecule has 1 heterocycles. The fourth-order valence-electron chi connectivity index (χ4n) is 3.76. The number of hydrogen-bond acceptors (Lipinski definition) is 4. The maximum atomic E-state index is 12.6. The van der Waals surface area contributed by atoms with Crippen LogP contribution in [0.15, 0.2) is 24.3 Å². The van der Waals surface area contributed by atoms with Crippen LogP contribution < -0.4 is 9.47 Å². The fourth-order valence-corrected chi connectivity index (χ4v) is 3.76. The Morgan fingerprint density at radius 3 is 2.28 bits per heavy atom. The minimum atomic E-state index is 0.290. The number of nitrogens with zero attached hydrogens (tertiary/aromatic N) is 2. The molecular formula is C20H30N2O3. The van der Waals surface area contributed by atoms with Gasteiger partial charge in [0.25, 0.3) is 0 Å². The molecule has 1 amide bonds. The SMILES string of the molecule is COc1ccc(OCCN2CCN(C(=O)C3CCCCC3)CC2)cc1. The molecule has 3 rings (SSSR count). The smallest absolute Gasteiger partial charge is 0.225 e. The minimum absolute atomic E-state index is 0.290. The molecular weight excluding hydrogens is 316 g/mol. The maximum Gasteiger partial charge on any atom is 0.225 e. The summed E-state index contributed by atoms with van der Waals surface area (Å²) in [5, 5.41) is 0. The Kier molecular flexibility index (Phi) is 6.56. The highest BCUT2D eigenvalue weighted by Crippen LogP contribution is 2.25. The molecule has 0 spiro atoms. The molecule has 1 saturated heterocycles. The first-order valence-corrected chi connectivity index (χ1v) is 9.54. The number of carbonyl (C=O) groups excluding carboxylic acids is 1. The molecule has 1 saturated carbocycles. The van der Waals surface area contributed by atoms with E-state index >= 15 is 0 Å². The molecule has 5 heteroatoms. The van der Waals surface area contributed by atoms with Crippen molar-refractivity contribution >= 4 is 5.91 Å². The Labute approximate surface area is 150 Å². The Morgan fingerprint density at radius 1 is 1.00 bits per heavy atom. The van der Waals surface area contributed by atoms with E-state index in [-0.39, 0.29) is 0 Å². The quantitative estimate of drug-likeness (QED) is 0.794. The van der Waals surface area contributed by atoms with Crippen molar-refractivity contribution in [2.75, 3.05) is 46.4 Å². The van der Waals surface area contributed by atoms with Crippen LogP contribution in [0.3, 0.4) is 0 Å². The highest BCUT2D eigenvalue weighted by Gasteiger charge is 2.28. The highest BCUT2D eigenvalue weighted by atomic mass is 16.5. The van der Waals surface area contributed by atoms with Crippen molar-refractivity contribution in [1.29, 1.82) is 0 Å². The third kappa shape index (κ3) is 5.11. The van der Waals surface area contributed by atoms with Crippen molar-refractivity contribution < 1.29 is 14.3 Å². The predicted molar refractivity (Wildman–Crippen MR) is 98.1 cm³/mol. The van der Waals surface area contributed by atoms with E-state index < -0.39 is 0 Å². The molecule has 1 aliphatic heterocycles. The topological polar surface area (TPSA) is 42.0 Å². The van der Waals surface area contributed by atoms with Gasteiger partial charge < -0.3 is 14.4 Å². The minimum Gasteiger partial charge on any atom is -0.497 e. The van der Waals surface area contributed by atoms with Crippen molar-refractivity contribution in [2.24, 2.45) is 5.92 Å². The van der Waals surface area contributed by atoms with Gasteiger partial charge in [0.2, 0.25) is 5.91 Å². The molecule has 0 unspecified atom stereocenters. The molecule has 5 nitrogen and oxygen atoms in total. The molecule has 1 aromatic rings. The summed E-state index contributed by atoms with van der Waals surface area (Å²) in [6, 6.07) is 7.68. The van der Waals surface area contributed by atoms with Crippen molar-refractivity contribution in [1.82, 2.24) is 9.80 Å². The Bertz CT molecular complexity index is 532. The lowest BCUT2D eigenvalue weighted by Crippen LogP contribution is -2.51. The van der Waals surface area contributed by atoms with Crippen LogP contribution >= 0.6 is 0 Å². The molecule has 0 bridgehead atoms. The molecule has 0 atom stereocenters. The molecule has 1 aliphatic carbocycles. The van der Waals surface area contributed by atoms with Gasteiger partial charge in [0.1, 0.15) is 18.1 Å². The van der Waals surface area contributed by atoms with Gasteiger partial charge in [-0.1, -0.05) is 19.3 Å². The Balaban J connectivity index is 1.35. The largest absolute Gasteiger partial charge is 0.497 e. The van der Waals surface area contributed by atoms with E-state index in [1.807, 2.05) is 24.3 Å². The molecule has 0 N–H and O–H groups in total. The van der Waals surface area contributed by atoms with Crippen LogP contribution in [0.4, 0.5) is 0 Å². The molecule has 25 heavy (non-hydrogen) atoms. The lowest BCUT2D eigenvalue weighted by atomic mass is 9.88. The summed E-state index contributed by atoms with van der Waals surface area (Å²) in [4.78, 5) is 17.0. The second-order valence-electron chi connectivity index (χ2n) is 7.03. The third-order valence-corrected chi connectivity index (χ3v) is 5.37. The number of ether oxygens (including phenoxy) is 2. The van der Waals surface area contributed by atoms with Gasteiger partial charge in [-0.2, -0.15) is 0 Å². The Hall–Kier alpha value is -1.75. The van der Waals surface area contributed by atoms with E-state index in [0.717, 1.165) is 57.1 Å². The average Bonchev–Trinajstić information content (AvgIpc) is 2.69. The lowest BCUT2D eigenvalue weighted by molar-refractivity contribution is -0.138. The lowest BCUT2D eigenvalue weighted by Gasteiger charge is -2.37. The number of hydrogen-bond donors (Lipinski definition) is 0. The molecule has 2 fully saturated rings. The first kappa shape index (κ1) is 18.1. The van der Waals surface area contributed by atoms with Gasteiger partial charge in [-0.05, 0) is 37.1 Å².